The highest BCUT2D eigenvalue weighted by molar-refractivity contribution is 5.94. The van der Waals surface area contributed by atoms with Crippen LogP contribution in [0.5, 0.6) is 0 Å². The van der Waals surface area contributed by atoms with Gasteiger partial charge in [0.1, 0.15) is 0 Å². The molecular formula is C18H11F3N2O2. The van der Waals surface area contributed by atoms with Gasteiger partial charge in [0.2, 0.25) is 5.54 Å². The third-order valence-electron chi connectivity index (χ3n) is 3.57. The molecule has 1 aliphatic heterocycles. The molecular weight excluding hydrogens is 333 g/mol. The second-order valence-electron chi connectivity index (χ2n) is 5.35. The molecule has 25 heavy (non-hydrogen) atoms. The highest BCUT2D eigenvalue weighted by Crippen LogP contribution is 2.43. The highest BCUT2D eigenvalue weighted by atomic mass is 19.4. The summed E-state index contributed by atoms with van der Waals surface area (Å²) in [5, 5.41) is 4.26. The molecule has 0 saturated carbocycles. The summed E-state index contributed by atoms with van der Waals surface area (Å²) in [6.07, 6.45) is -3.45. The Kier molecular flexibility index (Phi) is 3.94. The van der Waals surface area contributed by atoms with Gasteiger partial charge in [-0.3, -0.25) is 0 Å². The zero-order valence-corrected chi connectivity index (χ0v) is 12.9. The molecule has 2 amide bonds. The molecule has 2 heterocycles. The average Bonchev–Trinajstić information content (AvgIpc) is 3.04. The SMILES string of the molecule is Cc1ccc2c(c1)[C@@](C#CC#Cc1ccco1)(C(F)(F)F)NC(=O)N2. The van der Waals surface area contributed by atoms with Gasteiger partial charge in [0.15, 0.2) is 5.76 Å². The number of halogens is 3. The molecule has 1 aromatic carbocycles. The van der Waals surface area contributed by atoms with Gasteiger partial charge < -0.3 is 15.1 Å². The Bertz CT molecular complexity index is 941. The standard InChI is InChI=1S/C18H11F3N2O2/c1-12-7-8-15-14(11-12)17(18(19,20)21,23-16(24)22-15)9-3-2-5-13-6-4-10-25-13/h4,6-8,10-11H,1H3,(H2,22,23,24)/t17-/m0/s1. The van der Waals surface area contributed by atoms with Crippen LogP contribution in [0.15, 0.2) is 41.0 Å². The molecule has 1 aromatic heterocycles. The van der Waals surface area contributed by atoms with Crippen LogP contribution in [0.25, 0.3) is 0 Å². The summed E-state index contributed by atoms with van der Waals surface area (Å²) >= 11 is 0. The normalized spacial score (nSPS) is 18.6. The molecule has 126 valence electrons. The summed E-state index contributed by atoms with van der Waals surface area (Å²) in [4.78, 5) is 11.8. The molecule has 4 nitrogen and oxygen atoms in total. The molecule has 0 radical (unpaired) electrons. The smallest absolute Gasteiger partial charge is 0.427 e. The van der Waals surface area contributed by atoms with E-state index in [4.69, 9.17) is 4.42 Å². The summed E-state index contributed by atoms with van der Waals surface area (Å²) in [7, 11) is 0. The first kappa shape index (κ1) is 16.5. The summed E-state index contributed by atoms with van der Waals surface area (Å²) in [5.74, 6) is 9.36. The molecule has 0 aliphatic carbocycles. The number of anilines is 1. The molecule has 1 atom stereocenters. The molecule has 0 spiro atoms. The number of benzene rings is 1. The topological polar surface area (TPSA) is 54.3 Å². The average molecular weight is 344 g/mol. The van der Waals surface area contributed by atoms with Crippen LogP contribution in [-0.2, 0) is 5.54 Å². The minimum absolute atomic E-state index is 0.0555. The number of hydrogen-bond acceptors (Lipinski definition) is 2. The summed E-state index contributed by atoms with van der Waals surface area (Å²) in [6.45, 7) is 1.65. The molecule has 0 saturated heterocycles. The zero-order valence-electron chi connectivity index (χ0n) is 12.9. The van der Waals surface area contributed by atoms with Gasteiger partial charge in [0.25, 0.3) is 0 Å². The van der Waals surface area contributed by atoms with E-state index in [9.17, 15) is 18.0 Å². The van der Waals surface area contributed by atoms with Gasteiger partial charge in [0.05, 0.1) is 6.26 Å². The van der Waals surface area contributed by atoms with E-state index >= 15 is 0 Å². The quantitative estimate of drug-likeness (QED) is 0.719. The Morgan fingerprint density at radius 2 is 2.00 bits per heavy atom. The van der Waals surface area contributed by atoms with Crippen molar-refractivity contribution in [2.45, 2.75) is 18.6 Å². The lowest BCUT2D eigenvalue weighted by molar-refractivity contribution is -0.178. The molecule has 3 rings (SSSR count). The predicted octanol–water partition coefficient (Wildman–Crippen LogP) is 3.54. The van der Waals surface area contributed by atoms with Crippen LogP contribution in [-0.4, -0.2) is 12.2 Å². The van der Waals surface area contributed by atoms with Gasteiger partial charge in [-0.2, -0.15) is 13.2 Å². The van der Waals surface area contributed by atoms with Crippen LogP contribution >= 0.6 is 0 Å². The van der Waals surface area contributed by atoms with Crippen LogP contribution in [0.2, 0.25) is 0 Å². The van der Waals surface area contributed by atoms with Crippen LogP contribution in [0.4, 0.5) is 23.7 Å². The Morgan fingerprint density at radius 1 is 1.20 bits per heavy atom. The summed E-state index contributed by atoms with van der Waals surface area (Å²) in [6, 6.07) is 6.53. The number of aryl methyl sites for hydroxylation is 1. The van der Waals surface area contributed by atoms with Crippen molar-refractivity contribution in [1.82, 2.24) is 5.32 Å². The van der Waals surface area contributed by atoms with E-state index in [0.717, 1.165) is 0 Å². The summed E-state index contributed by atoms with van der Waals surface area (Å²) in [5.41, 5.74) is -2.35. The van der Waals surface area contributed by atoms with Gasteiger partial charge >= 0.3 is 12.2 Å². The lowest BCUT2D eigenvalue weighted by atomic mass is 9.85. The van der Waals surface area contributed by atoms with Gasteiger partial charge in [0, 0.05) is 11.3 Å². The van der Waals surface area contributed by atoms with Crippen molar-refractivity contribution >= 4 is 11.7 Å². The number of amides is 2. The Hall–Kier alpha value is -3.32. The van der Waals surface area contributed by atoms with Gasteiger partial charge in [-0.05, 0) is 48.8 Å². The Balaban J connectivity index is 2.13. The maximum absolute atomic E-state index is 13.9. The fourth-order valence-corrected chi connectivity index (χ4v) is 2.43. The fourth-order valence-electron chi connectivity index (χ4n) is 2.43. The van der Waals surface area contributed by atoms with Crippen molar-refractivity contribution in [2.75, 3.05) is 5.32 Å². The van der Waals surface area contributed by atoms with Crippen molar-refractivity contribution < 1.29 is 22.4 Å². The van der Waals surface area contributed by atoms with Crippen LogP contribution in [0.3, 0.4) is 0 Å². The van der Waals surface area contributed by atoms with Crippen molar-refractivity contribution in [3.63, 3.8) is 0 Å². The first-order valence-corrected chi connectivity index (χ1v) is 7.15. The largest absolute Gasteiger partial charge is 0.456 e. The molecule has 2 N–H and O–H groups in total. The number of nitrogens with one attached hydrogen (secondary N) is 2. The predicted molar refractivity (Wildman–Crippen MR) is 84.4 cm³/mol. The van der Waals surface area contributed by atoms with E-state index in [1.54, 1.807) is 25.1 Å². The number of furan rings is 1. The van der Waals surface area contributed by atoms with Gasteiger partial charge in [-0.25, -0.2) is 4.79 Å². The first-order chi connectivity index (χ1) is 11.8. The Morgan fingerprint density at radius 3 is 2.68 bits per heavy atom. The van der Waals surface area contributed by atoms with E-state index in [-0.39, 0.29) is 17.0 Å². The maximum Gasteiger partial charge on any atom is 0.427 e. The van der Waals surface area contributed by atoms with Gasteiger partial charge in [-0.15, -0.1) is 0 Å². The van der Waals surface area contributed by atoms with E-state index < -0.39 is 17.7 Å². The lowest BCUT2D eigenvalue weighted by Crippen LogP contribution is -2.59. The molecule has 2 aromatic rings. The minimum atomic E-state index is -4.84. The molecule has 1 aliphatic rings. The van der Waals surface area contributed by atoms with E-state index in [1.165, 1.54) is 18.4 Å². The van der Waals surface area contributed by atoms with E-state index in [2.05, 4.69) is 29.0 Å². The van der Waals surface area contributed by atoms with Crippen molar-refractivity contribution in [3.8, 4) is 23.7 Å². The molecule has 7 heteroatoms. The number of urea groups is 1. The Labute approximate surface area is 141 Å². The first-order valence-electron chi connectivity index (χ1n) is 7.15. The fraction of sp³-hybridized carbons (Fsp3) is 0.167. The lowest BCUT2D eigenvalue weighted by Gasteiger charge is -2.37. The molecule has 0 fully saturated rings. The second kappa shape index (κ2) is 5.95. The third kappa shape index (κ3) is 3.05. The number of carbonyl (C=O) groups excluding carboxylic acids is 1. The van der Waals surface area contributed by atoms with Crippen molar-refractivity contribution in [1.29, 1.82) is 0 Å². The number of rotatable bonds is 0. The van der Waals surface area contributed by atoms with Crippen LogP contribution in [0, 0.1) is 30.6 Å². The minimum Gasteiger partial charge on any atom is -0.456 e. The second-order valence-corrected chi connectivity index (χ2v) is 5.35. The monoisotopic (exact) mass is 344 g/mol. The zero-order chi connectivity index (χ0) is 18.1. The van der Waals surface area contributed by atoms with E-state index in [0.29, 0.717) is 5.56 Å². The number of carbonyl (C=O) groups is 1. The summed E-state index contributed by atoms with van der Waals surface area (Å²) < 4.78 is 46.6. The number of fused-ring (bicyclic) bond motifs is 1. The van der Waals surface area contributed by atoms with Crippen LogP contribution < -0.4 is 10.6 Å². The molecule has 0 unspecified atom stereocenters. The number of alkyl halides is 3. The van der Waals surface area contributed by atoms with Gasteiger partial charge in [-0.1, -0.05) is 17.7 Å². The third-order valence-corrected chi connectivity index (χ3v) is 3.57. The highest BCUT2D eigenvalue weighted by Gasteiger charge is 2.59. The van der Waals surface area contributed by atoms with Crippen molar-refractivity contribution in [3.05, 3.63) is 53.5 Å². The number of hydrogen-bond donors (Lipinski definition) is 2. The van der Waals surface area contributed by atoms with E-state index in [1.807, 2.05) is 5.32 Å². The maximum atomic E-state index is 13.9. The van der Waals surface area contributed by atoms with Crippen molar-refractivity contribution in [2.24, 2.45) is 0 Å². The molecule has 0 bridgehead atoms. The van der Waals surface area contributed by atoms with Crippen LogP contribution in [0.1, 0.15) is 16.9 Å².